The molecule has 2 rings (SSSR count). The lowest BCUT2D eigenvalue weighted by molar-refractivity contribution is 0.169. The summed E-state index contributed by atoms with van der Waals surface area (Å²) in [5.74, 6) is 0.737. The second-order valence-corrected chi connectivity index (χ2v) is 4.68. The Morgan fingerprint density at radius 3 is 2.94 bits per heavy atom. The van der Waals surface area contributed by atoms with E-state index in [1.165, 1.54) is 0 Å². The predicted octanol–water partition coefficient (Wildman–Crippen LogP) is 2.48. The van der Waals surface area contributed by atoms with Gasteiger partial charge in [-0.05, 0) is 34.5 Å². The van der Waals surface area contributed by atoms with Crippen LogP contribution in [-0.2, 0) is 0 Å². The summed E-state index contributed by atoms with van der Waals surface area (Å²) in [4.78, 5) is 0. The summed E-state index contributed by atoms with van der Waals surface area (Å²) in [7, 11) is 1.61. The van der Waals surface area contributed by atoms with Crippen molar-refractivity contribution in [1.82, 2.24) is 15.0 Å². The fourth-order valence-electron chi connectivity index (χ4n) is 1.55. The van der Waals surface area contributed by atoms with Crippen LogP contribution in [0.4, 0.5) is 0 Å². The predicted molar refractivity (Wildman–Crippen MR) is 70.9 cm³/mol. The van der Waals surface area contributed by atoms with Crippen molar-refractivity contribution in [2.24, 2.45) is 0 Å². The van der Waals surface area contributed by atoms with Crippen LogP contribution >= 0.6 is 15.9 Å². The van der Waals surface area contributed by atoms with Gasteiger partial charge in [0.05, 0.1) is 25.1 Å². The number of aromatic nitrogens is 3. The normalized spacial score (nSPS) is 12.4. The number of halogens is 1. The smallest absolute Gasteiger partial charge is 0.121 e. The Balaban J connectivity index is 2.39. The van der Waals surface area contributed by atoms with Gasteiger partial charge in [-0.25, -0.2) is 4.68 Å². The number of benzene rings is 1. The molecule has 1 atom stereocenters. The maximum atomic E-state index is 9.71. The number of ether oxygens (including phenoxy) is 1. The van der Waals surface area contributed by atoms with Crippen molar-refractivity contribution >= 4 is 15.9 Å². The summed E-state index contributed by atoms with van der Waals surface area (Å²) in [6.45, 7) is 1.89. The zero-order valence-electron chi connectivity index (χ0n) is 10.2. The average molecular weight is 312 g/mol. The van der Waals surface area contributed by atoms with Crippen molar-refractivity contribution in [3.05, 3.63) is 34.6 Å². The van der Waals surface area contributed by atoms with Gasteiger partial charge < -0.3 is 9.84 Å². The first kappa shape index (κ1) is 13.0. The summed E-state index contributed by atoms with van der Waals surface area (Å²) in [6, 6.07) is 5.58. The van der Waals surface area contributed by atoms with E-state index in [1.807, 2.05) is 25.1 Å². The lowest BCUT2D eigenvalue weighted by atomic mass is 10.2. The molecular weight excluding hydrogens is 298 g/mol. The number of hydrogen-bond acceptors (Lipinski definition) is 4. The Bertz CT molecular complexity index is 542. The van der Waals surface area contributed by atoms with E-state index in [0.717, 1.165) is 15.9 Å². The number of nitrogens with zero attached hydrogens (tertiary/aromatic N) is 3. The van der Waals surface area contributed by atoms with Crippen molar-refractivity contribution in [2.45, 2.75) is 19.4 Å². The zero-order chi connectivity index (χ0) is 13.1. The van der Waals surface area contributed by atoms with Gasteiger partial charge in [0.15, 0.2) is 0 Å². The third-order valence-electron chi connectivity index (χ3n) is 2.64. The van der Waals surface area contributed by atoms with Crippen LogP contribution in [0.1, 0.15) is 25.1 Å². The van der Waals surface area contributed by atoms with Crippen LogP contribution in [0.25, 0.3) is 5.69 Å². The molecule has 0 amide bonds. The lowest BCUT2D eigenvalue weighted by Crippen LogP contribution is -1.97. The van der Waals surface area contributed by atoms with E-state index in [-0.39, 0.29) is 0 Å². The molecule has 1 heterocycles. The molecule has 18 heavy (non-hydrogen) atoms. The van der Waals surface area contributed by atoms with Crippen LogP contribution in [0.3, 0.4) is 0 Å². The number of rotatable bonds is 4. The Kier molecular flexibility index (Phi) is 3.98. The molecule has 1 unspecified atom stereocenters. The minimum Gasteiger partial charge on any atom is -0.497 e. The Labute approximate surface area is 114 Å². The van der Waals surface area contributed by atoms with Gasteiger partial charge in [-0.2, -0.15) is 0 Å². The van der Waals surface area contributed by atoms with E-state index in [9.17, 15) is 5.11 Å². The van der Waals surface area contributed by atoms with Gasteiger partial charge in [0, 0.05) is 10.5 Å². The summed E-state index contributed by atoms with van der Waals surface area (Å²) < 4.78 is 7.67. The molecule has 0 aliphatic rings. The van der Waals surface area contributed by atoms with Crippen LogP contribution < -0.4 is 4.74 Å². The minimum atomic E-state index is -0.580. The van der Waals surface area contributed by atoms with E-state index < -0.39 is 6.10 Å². The quantitative estimate of drug-likeness (QED) is 0.942. The molecule has 5 nitrogen and oxygen atoms in total. The van der Waals surface area contributed by atoms with Crippen LogP contribution in [0.5, 0.6) is 5.75 Å². The van der Waals surface area contributed by atoms with Crippen molar-refractivity contribution in [3.63, 3.8) is 0 Å². The number of methoxy groups -OCH3 is 1. The van der Waals surface area contributed by atoms with Gasteiger partial charge in [-0.1, -0.05) is 12.1 Å². The Hall–Kier alpha value is -1.40. The number of aliphatic hydroxyl groups is 1. The molecule has 0 aliphatic heterocycles. The lowest BCUT2D eigenvalue weighted by Gasteiger charge is -2.06. The minimum absolute atomic E-state index is 0.562. The highest BCUT2D eigenvalue weighted by atomic mass is 79.9. The third-order valence-corrected chi connectivity index (χ3v) is 3.31. The number of hydrogen-bond donors (Lipinski definition) is 1. The van der Waals surface area contributed by atoms with Gasteiger partial charge in [-0.15, -0.1) is 5.10 Å². The fourth-order valence-corrected chi connectivity index (χ4v) is 1.98. The molecule has 0 saturated carbocycles. The van der Waals surface area contributed by atoms with Gasteiger partial charge in [-0.3, -0.25) is 0 Å². The Morgan fingerprint density at radius 2 is 2.28 bits per heavy atom. The maximum Gasteiger partial charge on any atom is 0.121 e. The van der Waals surface area contributed by atoms with Crippen molar-refractivity contribution in [1.29, 1.82) is 0 Å². The summed E-state index contributed by atoms with van der Waals surface area (Å²) in [5.41, 5.74) is 1.38. The summed E-state index contributed by atoms with van der Waals surface area (Å²) in [5, 5.41) is 17.7. The van der Waals surface area contributed by atoms with Crippen LogP contribution in [-0.4, -0.2) is 27.2 Å². The second kappa shape index (κ2) is 5.49. The van der Waals surface area contributed by atoms with Crippen molar-refractivity contribution in [3.8, 4) is 11.4 Å². The van der Waals surface area contributed by atoms with E-state index in [0.29, 0.717) is 12.1 Å². The largest absolute Gasteiger partial charge is 0.497 e. The molecule has 0 aliphatic carbocycles. The molecule has 1 N–H and O–H groups in total. The molecule has 0 saturated heterocycles. The average Bonchev–Trinajstić information content (AvgIpc) is 2.88. The molecule has 2 aromatic rings. The third kappa shape index (κ3) is 2.54. The first-order chi connectivity index (χ1) is 8.65. The van der Waals surface area contributed by atoms with E-state index in [1.54, 1.807) is 18.0 Å². The molecule has 6 heteroatoms. The van der Waals surface area contributed by atoms with E-state index in [4.69, 9.17) is 4.74 Å². The molecule has 1 aromatic carbocycles. The van der Waals surface area contributed by atoms with E-state index >= 15 is 0 Å². The monoisotopic (exact) mass is 311 g/mol. The first-order valence-corrected chi connectivity index (χ1v) is 6.39. The molecule has 1 aromatic heterocycles. The van der Waals surface area contributed by atoms with Crippen LogP contribution in [0.2, 0.25) is 0 Å². The van der Waals surface area contributed by atoms with Gasteiger partial charge >= 0.3 is 0 Å². The molecule has 0 fully saturated rings. The molecule has 96 valence electrons. The first-order valence-electron chi connectivity index (χ1n) is 5.60. The van der Waals surface area contributed by atoms with Gasteiger partial charge in [0.25, 0.3) is 0 Å². The van der Waals surface area contributed by atoms with Gasteiger partial charge in [0.2, 0.25) is 0 Å². The maximum absolute atomic E-state index is 9.71. The SMILES string of the molecule is CCC(O)c1cn(-c2cc(OC)ccc2Br)nn1. The number of aliphatic hydroxyl groups excluding tert-OH is 1. The van der Waals surface area contributed by atoms with Crippen molar-refractivity contribution in [2.75, 3.05) is 7.11 Å². The standard InChI is InChI=1S/C12H14BrN3O2/c1-3-12(17)10-7-16(15-14-10)11-6-8(18-2)4-5-9(11)13/h4-7,12,17H,3H2,1-2H3. The topological polar surface area (TPSA) is 60.2 Å². The summed E-state index contributed by atoms with van der Waals surface area (Å²) >= 11 is 3.45. The van der Waals surface area contributed by atoms with Crippen LogP contribution in [0.15, 0.2) is 28.9 Å². The highest BCUT2D eigenvalue weighted by Gasteiger charge is 2.12. The summed E-state index contributed by atoms with van der Waals surface area (Å²) in [6.07, 6.45) is 1.74. The van der Waals surface area contributed by atoms with Crippen LogP contribution in [0, 0.1) is 0 Å². The molecule has 0 bridgehead atoms. The van der Waals surface area contributed by atoms with E-state index in [2.05, 4.69) is 26.2 Å². The molecular formula is C12H14BrN3O2. The fraction of sp³-hybridized carbons (Fsp3) is 0.333. The highest BCUT2D eigenvalue weighted by Crippen LogP contribution is 2.26. The Morgan fingerprint density at radius 1 is 1.50 bits per heavy atom. The molecule has 0 spiro atoms. The highest BCUT2D eigenvalue weighted by molar-refractivity contribution is 9.10. The molecule has 0 radical (unpaired) electrons. The second-order valence-electron chi connectivity index (χ2n) is 3.83. The zero-order valence-corrected chi connectivity index (χ0v) is 11.8. The van der Waals surface area contributed by atoms with Crippen molar-refractivity contribution < 1.29 is 9.84 Å². The van der Waals surface area contributed by atoms with Gasteiger partial charge in [0.1, 0.15) is 11.4 Å².